The van der Waals surface area contributed by atoms with E-state index in [2.05, 4.69) is 25.9 Å². The van der Waals surface area contributed by atoms with Crippen LogP contribution < -0.4 is 20.7 Å². The van der Waals surface area contributed by atoms with Crippen LogP contribution in [-0.4, -0.2) is 39.0 Å². The van der Waals surface area contributed by atoms with Crippen LogP contribution in [0, 0.1) is 0 Å². The molecule has 4 rings (SSSR count). The van der Waals surface area contributed by atoms with Gasteiger partial charge in [-0.05, 0) is 75.2 Å². The second-order valence-electron chi connectivity index (χ2n) is 9.66. The van der Waals surface area contributed by atoms with Gasteiger partial charge in [0.25, 0.3) is 5.91 Å². The number of amides is 1. The molecule has 0 aliphatic carbocycles. The zero-order valence-electron chi connectivity index (χ0n) is 21.2. The Balaban J connectivity index is 1.53. The van der Waals surface area contributed by atoms with Crippen molar-refractivity contribution in [2.75, 3.05) is 17.2 Å². The number of benzene rings is 2. The number of nitrogens with zero attached hydrogens (tertiary/aromatic N) is 2. The molecule has 10 heteroatoms. The molecule has 3 aromatic rings. The Hall–Kier alpha value is -4.37. The van der Waals surface area contributed by atoms with Gasteiger partial charge in [0.05, 0.1) is 10.6 Å². The fourth-order valence-corrected chi connectivity index (χ4v) is 3.92. The minimum atomic E-state index is -1.01. The summed E-state index contributed by atoms with van der Waals surface area (Å²) >= 11 is 6.53. The molecule has 4 N–H and O–H groups in total. The summed E-state index contributed by atoms with van der Waals surface area (Å²) in [4.78, 5) is 32.1. The number of allylic oxidation sites excluding steroid dienone is 1. The Morgan fingerprint density at radius 2 is 1.97 bits per heavy atom. The van der Waals surface area contributed by atoms with Gasteiger partial charge in [-0.15, -0.1) is 0 Å². The fourth-order valence-electron chi connectivity index (χ4n) is 3.70. The quantitative estimate of drug-likeness (QED) is 0.271. The maximum Gasteiger partial charge on any atom is 0.328 e. The maximum absolute atomic E-state index is 12.5. The van der Waals surface area contributed by atoms with E-state index in [9.17, 15) is 9.59 Å². The fraction of sp³-hybridized carbons (Fsp3) is 0.214. The van der Waals surface area contributed by atoms with E-state index in [1.54, 1.807) is 48.5 Å². The van der Waals surface area contributed by atoms with Gasteiger partial charge in [-0.3, -0.25) is 4.79 Å². The maximum atomic E-state index is 12.5. The zero-order chi connectivity index (χ0) is 27.3. The summed E-state index contributed by atoms with van der Waals surface area (Å²) < 4.78 is 5.96. The van der Waals surface area contributed by atoms with Gasteiger partial charge in [-0.1, -0.05) is 23.7 Å². The highest BCUT2D eigenvalue weighted by Crippen LogP contribution is 2.34. The van der Waals surface area contributed by atoms with Gasteiger partial charge in [0.15, 0.2) is 0 Å². The van der Waals surface area contributed by atoms with Crippen molar-refractivity contribution in [3.63, 3.8) is 0 Å². The van der Waals surface area contributed by atoms with Crippen LogP contribution in [0.3, 0.4) is 0 Å². The number of anilines is 3. The number of nitrogens with one attached hydrogen (secondary N) is 3. The first-order valence-corrected chi connectivity index (χ1v) is 12.3. The lowest BCUT2D eigenvalue weighted by molar-refractivity contribution is -0.131. The SMILES string of the molecule is CC(C)(C)NC(=O)c1cccc(Oc2ccc(Nc3ncnc4c3C=C(C=CC(=O)O)CCN4)cc2Cl)c1. The Bertz CT molecular complexity index is 1430. The molecule has 0 spiro atoms. The number of carbonyl (C=O) groups is 2. The van der Waals surface area contributed by atoms with Crippen molar-refractivity contribution < 1.29 is 19.4 Å². The van der Waals surface area contributed by atoms with Crippen LogP contribution in [0.5, 0.6) is 11.5 Å². The van der Waals surface area contributed by atoms with Gasteiger partial charge in [0.2, 0.25) is 0 Å². The van der Waals surface area contributed by atoms with Crippen molar-refractivity contribution in [3.05, 3.63) is 82.7 Å². The molecule has 2 aromatic carbocycles. The monoisotopic (exact) mass is 533 g/mol. The molecule has 38 heavy (non-hydrogen) atoms. The third-order valence-corrected chi connectivity index (χ3v) is 5.66. The van der Waals surface area contributed by atoms with E-state index in [0.29, 0.717) is 57.9 Å². The zero-order valence-corrected chi connectivity index (χ0v) is 22.0. The summed E-state index contributed by atoms with van der Waals surface area (Å²) in [5.41, 5.74) is 2.33. The summed E-state index contributed by atoms with van der Waals surface area (Å²) in [5, 5.41) is 18.8. The standard InChI is InChI=1S/C28H28ClN5O4/c1-28(2,3)34-27(37)18-5-4-6-20(14-18)38-23-9-8-19(15-22(23)29)33-26-21-13-17(7-10-24(35)36)11-12-30-25(21)31-16-32-26/h4-10,13-16H,11-12H2,1-3H3,(H,34,37)(H,35,36)(H2,30,31,32,33). The van der Waals surface area contributed by atoms with E-state index < -0.39 is 5.97 Å². The van der Waals surface area contributed by atoms with Crippen molar-refractivity contribution >= 4 is 46.9 Å². The number of fused-ring (bicyclic) bond motifs is 1. The molecular formula is C28H28ClN5O4. The number of carbonyl (C=O) groups excluding carboxylic acids is 1. The largest absolute Gasteiger partial charge is 0.478 e. The Morgan fingerprint density at radius 3 is 2.71 bits per heavy atom. The molecule has 1 amide bonds. The van der Waals surface area contributed by atoms with E-state index >= 15 is 0 Å². The molecule has 0 radical (unpaired) electrons. The average Bonchev–Trinajstić information content (AvgIpc) is 3.06. The van der Waals surface area contributed by atoms with Crippen LogP contribution in [0.2, 0.25) is 5.02 Å². The van der Waals surface area contributed by atoms with Crippen molar-refractivity contribution in [2.45, 2.75) is 32.7 Å². The second kappa shape index (κ2) is 11.4. The van der Waals surface area contributed by atoms with E-state index in [4.69, 9.17) is 21.4 Å². The van der Waals surface area contributed by atoms with Crippen LogP contribution in [0.15, 0.2) is 66.5 Å². The number of carboxylic acids is 1. The summed E-state index contributed by atoms with van der Waals surface area (Å²) in [6.07, 6.45) is 6.62. The smallest absolute Gasteiger partial charge is 0.328 e. The number of aromatic nitrogens is 2. The minimum absolute atomic E-state index is 0.192. The minimum Gasteiger partial charge on any atom is -0.478 e. The molecule has 9 nitrogen and oxygen atoms in total. The van der Waals surface area contributed by atoms with Crippen LogP contribution in [-0.2, 0) is 4.79 Å². The summed E-state index contributed by atoms with van der Waals surface area (Å²) in [6, 6.07) is 12.1. The number of halogens is 1. The highest BCUT2D eigenvalue weighted by atomic mass is 35.5. The predicted octanol–water partition coefficient (Wildman–Crippen LogP) is 6.03. The second-order valence-corrected chi connectivity index (χ2v) is 10.1. The molecule has 0 bridgehead atoms. The van der Waals surface area contributed by atoms with Crippen molar-refractivity contribution in [2.24, 2.45) is 0 Å². The Kier molecular flexibility index (Phi) is 7.97. The third-order valence-electron chi connectivity index (χ3n) is 5.37. The molecule has 0 fully saturated rings. The molecule has 1 aromatic heterocycles. The van der Waals surface area contributed by atoms with Crippen LogP contribution >= 0.6 is 11.6 Å². The number of rotatable bonds is 7. The first-order valence-electron chi connectivity index (χ1n) is 11.9. The van der Waals surface area contributed by atoms with Crippen LogP contribution in [0.1, 0.15) is 43.1 Å². The molecular weight excluding hydrogens is 506 g/mol. The molecule has 0 unspecified atom stereocenters. The number of hydrogen-bond acceptors (Lipinski definition) is 7. The highest BCUT2D eigenvalue weighted by molar-refractivity contribution is 6.32. The van der Waals surface area contributed by atoms with Crippen LogP contribution in [0.25, 0.3) is 6.08 Å². The normalized spacial score (nSPS) is 13.1. The first kappa shape index (κ1) is 26.7. The first-order chi connectivity index (χ1) is 18.1. The molecule has 1 aliphatic heterocycles. The number of hydrogen-bond donors (Lipinski definition) is 4. The van der Waals surface area contributed by atoms with E-state index in [0.717, 1.165) is 11.6 Å². The third kappa shape index (κ3) is 7.10. The molecule has 0 saturated carbocycles. The Labute approximate surface area is 225 Å². The van der Waals surface area contributed by atoms with Crippen molar-refractivity contribution in [3.8, 4) is 11.5 Å². The van der Waals surface area contributed by atoms with Gasteiger partial charge >= 0.3 is 5.97 Å². The molecule has 1 aliphatic rings. The number of aliphatic carboxylic acids is 1. The average molecular weight is 534 g/mol. The topological polar surface area (TPSA) is 125 Å². The van der Waals surface area contributed by atoms with Gasteiger partial charge in [0.1, 0.15) is 29.5 Å². The lowest BCUT2D eigenvalue weighted by Crippen LogP contribution is -2.40. The molecule has 0 saturated heterocycles. The van der Waals surface area contributed by atoms with E-state index in [1.165, 1.54) is 6.33 Å². The number of carboxylic acid groups (broad SMARTS) is 1. The van der Waals surface area contributed by atoms with E-state index in [-0.39, 0.29) is 11.4 Å². The lowest BCUT2D eigenvalue weighted by Gasteiger charge is -2.20. The Morgan fingerprint density at radius 1 is 1.16 bits per heavy atom. The van der Waals surface area contributed by atoms with Crippen molar-refractivity contribution in [1.29, 1.82) is 0 Å². The predicted molar refractivity (Wildman–Crippen MR) is 148 cm³/mol. The van der Waals surface area contributed by atoms with Crippen molar-refractivity contribution in [1.82, 2.24) is 15.3 Å². The van der Waals surface area contributed by atoms with Gasteiger partial charge < -0.3 is 25.8 Å². The van der Waals surface area contributed by atoms with Crippen LogP contribution in [0.4, 0.5) is 17.3 Å². The summed E-state index contributed by atoms with van der Waals surface area (Å²) in [5.74, 6) is 0.879. The summed E-state index contributed by atoms with van der Waals surface area (Å²) in [6.45, 7) is 6.36. The van der Waals surface area contributed by atoms with Gasteiger partial charge in [0, 0.05) is 29.4 Å². The number of ether oxygens (including phenoxy) is 1. The summed E-state index contributed by atoms with van der Waals surface area (Å²) in [7, 11) is 0. The van der Waals surface area contributed by atoms with Gasteiger partial charge in [-0.25, -0.2) is 14.8 Å². The molecule has 2 heterocycles. The molecule has 0 atom stereocenters. The molecule has 196 valence electrons. The lowest BCUT2D eigenvalue weighted by atomic mass is 10.1. The van der Waals surface area contributed by atoms with E-state index in [1.807, 2.05) is 26.8 Å². The highest BCUT2D eigenvalue weighted by Gasteiger charge is 2.17. The van der Waals surface area contributed by atoms with Gasteiger partial charge in [-0.2, -0.15) is 0 Å².